The van der Waals surface area contributed by atoms with Gasteiger partial charge in [-0.3, -0.25) is 0 Å². The van der Waals surface area contributed by atoms with E-state index in [4.69, 9.17) is 25.8 Å². The minimum absolute atomic E-state index is 0.0676. The third-order valence-corrected chi connectivity index (χ3v) is 3.43. The van der Waals surface area contributed by atoms with Gasteiger partial charge in [0.1, 0.15) is 17.8 Å². The number of halogens is 1. The summed E-state index contributed by atoms with van der Waals surface area (Å²) in [5, 5.41) is 6.80. The molecule has 1 N–H and O–H groups in total. The molecule has 148 valence electrons. The highest BCUT2D eigenvalue weighted by Gasteiger charge is 2.20. The number of nitrogens with zero attached hydrogens (tertiary/aromatic N) is 3. The first-order valence-electron chi connectivity index (χ1n) is 8.44. The Balaban J connectivity index is 2.04. The lowest BCUT2D eigenvalue weighted by Gasteiger charge is -2.22. The summed E-state index contributed by atoms with van der Waals surface area (Å²) in [5.74, 6) is -0.263. The Labute approximate surface area is 161 Å². The van der Waals surface area contributed by atoms with Crippen LogP contribution >= 0.6 is 11.6 Å². The van der Waals surface area contributed by atoms with Crippen molar-refractivity contribution in [1.82, 2.24) is 19.9 Å². The van der Waals surface area contributed by atoms with E-state index in [1.165, 1.54) is 16.9 Å². The molecule has 0 aliphatic rings. The molecule has 2 heterocycles. The lowest BCUT2D eigenvalue weighted by Crippen LogP contribution is -2.40. The highest BCUT2D eigenvalue weighted by atomic mass is 35.5. The summed E-state index contributed by atoms with van der Waals surface area (Å²) >= 11 is 6.15. The number of esters is 1. The normalized spacial score (nSPS) is 12.5. The molecule has 0 saturated carbocycles. The van der Waals surface area contributed by atoms with Crippen LogP contribution in [0.1, 0.15) is 45.0 Å². The van der Waals surface area contributed by atoms with Gasteiger partial charge in [-0.05, 0) is 34.6 Å². The van der Waals surface area contributed by atoms with E-state index in [-0.39, 0.29) is 41.4 Å². The van der Waals surface area contributed by atoms with E-state index in [0.29, 0.717) is 0 Å². The van der Waals surface area contributed by atoms with E-state index in [0.717, 1.165) is 0 Å². The van der Waals surface area contributed by atoms with E-state index in [9.17, 15) is 9.59 Å². The van der Waals surface area contributed by atoms with Gasteiger partial charge in [0.2, 0.25) is 0 Å². The van der Waals surface area contributed by atoms with Crippen molar-refractivity contribution in [2.45, 2.75) is 46.3 Å². The molecule has 1 amide bonds. The molecule has 2 rings (SSSR count). The van der Waals surface area contributed by atoms with Crippen molar-refractivity contribution < 1.29 is 23.8 Å². The number of amides is 1. The van der Waals surface area contributed by atoms with E-state index in [2.05, 4.69) is 15.4 Å². The maximum absolute atomic E-state index is 11.9. The van der Waals surface area contributed by atoms with Gasteiger partial charge in [-0.2, -0.15) is 5.10 Å². The van der Waals surface area contributed by atoms with Crippen LogP contribution < -0.4 is 10.1 Å². The maximum Gasteiger partial charge on any atom is 0.407 e. The molecular formula is C17H23ClN4O5. The van der Waals surface area contributed by atoms with Crippen molar-refractivity contribution in [2.24, 2.45) is 0 Å². The standard InChI is InChI=1S/C17H23ClN4O5/c1-6-25-15(23)11-7-19-22-8-12(13(18)21-14(11)22)26-9-10(2)20-16(24)27-17(3,4)5/h7-8,10H,6,9H2,1-5H3,(H,20,24)/t10-/m1/s1. The van der Waals surface area contributed by atoms with Crippen LogP contribution in [-0.2, 0) is 9.47 Å². The molecule has 0 radical (unpaired) electrons. The number of fused-ring (bicyclic) bond motifs is 1. The Morgan fingerprint density at radius 2 is 2.07 bits per heavy atom. The monoisotopic (exact) mass is 398 g/mol. The second kappa shape index (κ2) is 8.43. The van der Waals surface area contributed by atoms with Crippen LogP contribution in [0.25, 0.3) is 5.65 Å². The zero-order chi connectivity index (χ0) is 20.2. The molecule has 0 aliphatic carbocycles. The van der Waals surface area contributed by atoms with E-state index >= 15 is 0 Å². The average Bonchev–Trinajstić information content (AvgIpc) is 2.93. The summed E-state index contributed by atoms with van der Waals surface area (Å²) in [4.78, 5) is 27.8. The number of nitrogens with one attached hydrogen (secondary N) is 1. The average molecular weight is 399 g/mol. The molecule has 9 nitrogen and oxygen atoms in total. The largest absolute Gasteiger partial charge is 0.487 e. The number of hydrogen-bond donors (Lipinski definition) is 1. The van der Waals surface area contributed by atoms with Crippen LogP contribution in [0.2, 0.25) is 5.15 Å². The Morgan fingerprint density at radius 3 is 2.70 bits per heavy atom. The third kappa shape index (κ3) is 5.72. The fourth-order valence-corrected chi connectivity index (χ4v) is 2.27. The predicted molar refractivity (Wildman–Crippen MR) is 98.3 cm³/mol. The Morgan fingerprint density at radius 1 is 1.37 bits per heavy atom. The second-order valence-electron chi connectivity index (χ2n) is 6.80. The highest BCUT2D eigenvalue weighted by Crippen LogP contribution is 2.24. The summed E-state index contributed by atoms with van der Waals surface area (Å²) in [6.07, 6.45) is 2.32. The lowest BCUT2D eigenvalue weighted by atomic mass is 10.2. The van der Waals surface area contributed by atoms with Gasteiger partial charge in [-0.1, -0.05) is 11.6 Å². The number of carbonyl (C=O) groups excluding carboxylic acids is 2. The summed E-state index contributed by atoms with van der Waals surface area (Å²) < 4.78 is 17.1. The molecule has 2 aromatic rings. The minimum Gasteiger partial charge on any atom is -0.487 e. The van der Waals surface area contributed by atoms with Gasteiger partial charge in [-0.15, -0.1) is 0 Å². The fraction of sp³-hybridized carbons (Fsp3) is 0.529. The number of ether oxygens (including phenoxy) is 3. The number of hydrogen-bond acceptors (Lipinski definition) is 7. The van der Waals surface area contributed by atoms with Crippen molar-refractivity contribution in [3.8, 4) is 5.75 Å². The van der Waals surface area contributed by atoms with Crippen molar-refractivity contribution in [3.63, 3.8) is 0 Å². The molecule has 27 heavy (non-hydrogen) atoms. The summed E-state index contributed by atoms with van der Waals surface area (Å²) in [5.41, 5.74) is -0.101. The first-order chi connectivity index (χ1) is 12.6. The number of alkyl carbamates (subject to hydrolysis) is 1. The third-order valence-electron chi connectivity index (χ3n) is 3.16. The first kappa shape index (κ1) is 20.8. The Kier molecular flexibility index (Phi) is 6.48. The minimum atomic E-state index is -0.584. The van der Waals surface area contributed by atoms with Gasteiger partial charge in [0.05, 0.1) is 25.0 Å². The van der Waals surface area contributed by atoms with Gasteiger partial charge in [0.15, 0.2) is 16.5 Å². The zero-order valence-corrected chi connectivity index (χ0v) is 16.7. The molecule has 10 heteroatoms. The molecule has 1 atom stereocenters. The van der Waals surface area contributed by atoms with E-state index < -0.39 is 17.7 Å². The smallest absolute Gasteiger partial charge is 0.407 e. The molecule has 0 aliphatic heterocycles. The molecular weight excluding hydrogens is 376 g/mol. The van der Waals surface area contributed by atoms with Gasteiger partial charge in [-0.25, -0.2) is 19.1 Å². The second-order valence-corrected chi connectivity index (χ2v) is 7.16. The van der Waals surface area contributed by atoms with Crippen LogP contribution in [0.15, 0.2) is 12.4 Å². The molecule has 0 spiro atoms. The molecule has 0 aromatic carbocycles. The predicted octanol–water partition coefficient (Wildman–Crippen LogP) is 2.85. The Bertz CT molecular complexity index is 831. The van der Waals surface area contributed by atoms with Crippen molar-refractivity contribution >= 4 is 29.3 Å². The van der Waals surface area contributed by atoms with Crippen LogP contribution in [0.3, 0.4) is 0 Å². The van der Waals surface area contributed by atoms with Gasteiger partial charge < -0.3 is 19.5 Å². The topological polar surface area (TPSA) is 104 Å². The first-order valence-corrected chi connectivity index (χ1v) is 8.81. The summed E-state index contributed by atoms with van der Waals surface area (Å²) in [6.45, 7) is 9.19. The highest BCUT2D eigenvalue weighted by molar-refractivity contribution is 6.31. The molecule has 0 bridgehead atoms. The molecule has 0 saturated heterocycles. The molecule has 0 unspecified atom stereocenters. The SMILES string of the molecule is CCOC(=O)c1cnn2cc(OC[C@@H](C)NC(=O)OC(C)(C)C)c(Cl)nc12. The van der Waals surface area contributed by atoms with E-state index in [1.54, 1.807) is 34.6 Å². The summed E-state index contributed by atoms with van der Waals surface area (Å²) in [7, 11) is 0. The van der Waals surface area contributed by atoms with Crippen LogP contribution in [-0.4, -0.2) is 51.5 Å². The van der Waals surface area contributed by atoms with Crippen LogP contribution in [0.4, 0.5) is 4.79 Å². The number of carbonyl (C=O) groups is 2. The molecule has 2 aromatic heterocycles. The van der Waals surface area contributed by atoms with Crippen LogP contribution in [0, 0.1) is 0 Å². The Hall–Kier alpha value is -2.55. The van der Waals surface area contributed by atoms with Gasteiger partial charge in [0.25, 0.3) is 0 Å². The quantitative estimate of drug-likeness (QED) is 0.589. The van der Waals surface area contributed by atoms with Crippen molar-refractivity contribution in [1.29, 1.82) is 0 Å². The summed E-state index contributed by atoms with van der Waals surface area (Å²) in [6, 6.07) is -0.334. The lowest BCUT2D eigenvalue weighted by molar-refractivity contribution is 0.0491. The maximum atomic E-state index is 11.9. The van der Waals surface area contributed by atoms with E-state index in [1.807, 2.05) is 0 Å². The van der Waals surface area contributed by atoms with Crippen LogP contribution in [0.5, 0.6) is 5.75 Å². The van der Waals surface area contributed by atoms with Crippen molar-refractivity contribution in [2.75, 3.05) is 13.2 Å². The number of rotatable bonds is 6. The van der Waals surface area contributed by atoms with Crippen molar-refractivity contribution in [3.05, 3.63) is 23.1 Å². The zero-order valence-electron chi connectivity index (χ0n) is 15.9. The fourth-order valence-electron chi connectivity index (χ4n) is 2.09. The van der Waals surface area contributed by atoms with Gasteiger partial charge >= 0.3 is 12.1 Å². The molecule has 0 fully saturated rings. The van der Waals surface area contributed by atoms with Gasteiger partial charge in [0, 0.05) is 0 Å². The number of aromatic nitrogens is 3.